The van der Waals surface area contributed by atoms with Crippen molar-refractivity contribution in [1.82, 2.24) is 4.98 Å². The number of aromatic nitrogens is 1. The third kappa shape index (κ3) is 3.29. The van der Waals surface area contributed by atoms with Crippen LogP contribution in [0.2, 0.25) is 0 Å². The number of anilines is 1. The molecule has 0 fully saturated rings. The predicted molar refractivity (Wildman–Crippen MR) is 89.9 cm³/mol. The fourth-order valence-corrected chi connectivity index (χ4v) is 3.05. The maximum atomic E-state index is 12.5. The molecule has 24 heavy (non-hydrogen) atoms. The third-order valence-corrected chi connectivity index (χ3v) is 4.13. The maximum absolute atomic E-state index is 12.5. The maximum Gasteiger partial charge on any atom is 0.293 e. The fourth-order valence-electron chi connectivity index (χ4n) is 2.35. The van der Waals surface area contributed by atoms with Crippen LogP contribution in [0.4, 0.5) is 5.13 Å². The second kappa shape index (κ2) is 6.81. The van der Waals surface area contributed by atoms with E-state index in [1.165, 1.54) is 11.3 Å². The number of rotatable bonds is 6. The van der Waals surface area contributed by atoms with Crippen LogP contribution < -0.4 is 11.1 Å². The molecule has 0 bridgehead atoms. The molecular weight excluding hydrogens is 330 g/mol. The first kappa shape index (κ1) is 16.2. The number of amides is 2. The molecule has 124 valence electrons. The van der Waals surface area contributed by atoms with Crippen LogP contribution in [0.15, 0.2) is 34.1 Å². The lowest BCUT2D eigenvalue weighted by Gasteiger charge is -2.02. The van der Waals surface area contributed by atoms with Crippen LogP contribution in [-0.4, -0.2) is 23.9 Å². The summed E-state index contributed by atoms with van der Waals surface area (Å²) in [6.45, 7) is 0.255. The zero-order chi connectivity index (χ0) is 17.1. The van der Waals surface area contributed by atoms with Gasteiger partial charge in [-0.3, -0.25) is 14.9 Å². The number of thiazole rings is 1. The molecule has 0 saturated carbocycles. The van der Waals surface area contributed by atoms with Crippen molar-refractivity contribution in [3.8, 4) is 0 Å². The molecule has 2 amide bonds. The van der Waals surface area contributed by atoms with Crippen LogP contribution in [0.25, 0.3) is 11.0 Å². The average molecular weight is 345 g/mol. The minimum Gasteiger partial charge on any atom is -0.451 e. The number of nitrogens with zero attached hydrogens (tertiary/aromatic N) is 1. The van der Waals surface area contributed by atoms with Crippen molar-refractivity contribution in [2.75, 3.05) is 12.4 Å². The summed E-state index contributed by atoms with van der Waals surface area (Å²) < 4.78 is 10.8. The number of carbonyl (C=O) groups is 2. The number of ether oxygens (including phenoxy) is 1. The van der Waals surface area contributed by atoms with Crippen LogP contribution in [0.1, 0.15) is 21.8 Å². The van der Waals surface area contributed by atoms with Gasteiger partial charge in [-0.15, -0.1) is 11.3 Å². The number of carbonyl (C=O) groups excluding carboxylic acids is 2. The Balaban J connectivity index is 1.87. The number of hydrogen-bond donors (Lipinski definition) is 2. The van der Waals surface area contributed by atoms with E-state index in [0.717, 1.165) is 5.39 Å². The van der Waals surface area contributed by atoms with Crippen LogP contribution in [-0.2, 0) is 22.6 Å². The normalized spacial score (nSPS) is 10.9. The monoisotopic (exact) mass is 345 g/mol. The Morgan fingerprint density at radius 2 is 2.17 bits per heavy atom. The molecule has 0 atom stereocenters. The molecule has 8 heteroatoms. The Hall–Kier alpha value is -2.71. The number of benzene rings is 1. The molecular formula is C16H15N3O4S. The van der Waals surface area contributed by atoms with Crippen molar-refractivity contribution in [2.24, 2.45) is 5.73 Å². The number of fused-ring (bicyclic) bond motifs is 1. The van der Waals surface area contributed by atoms with E-state index in [0.29, 0.717) is 22.0 Å². The quantitative estimate of drug-likeness (QED) is 0.713. The molecule has 0 spiro atoms. The highest BCUT2D eigenvalue weighted by Gasteiger charge is 2.21. The number of methoxy groups -OCH3 is 1. The number of furan rings is 1. The highest BCUT2D eigenvalue weighted by Crippen LogP contribution is 2.27. The Labute approximate surface area is 141 Å². The number of hydrogen-bond acceptors (Lipinski definition) is 6. The Kier molecular flexibility index (Phi) is 4.59. The van der Waals surface area contributed by atoms with Gasteiger partial charge in [-0.1, -0.05) is 18.2 Å². The zero-order valence-electron chi connectivity index (χ0n) is 12.9. The molecule has 2 heterocycles. The van der Waals surface area contributed by atoms with Gasteiger partial charge >= 0.3 is 0 Å². The summed E-state index contributed by atoms with van der Waals surface area (Å²) in [6, 6.07) is 7.37. The van der Waals surface area contributed by atoms with E-state index in [1.807, 2.05) is 18.2 Å². The molecule has 0 unspecified atom stereocenters. The topological polar surface area (TPSA) is 107 Å². The molecule has 7 nitrogen and oxygen atoms in total. The van der Waals surface area contributed by atoms with E-state index < -0.39 is 11.8 Å². The first-order valence-electron chi connectivity index (χ1n) is 7.12. The smallest absolute Gasteiger partial charge is 0.293 e. The standard InChI is InChI=1S/C16H15N3O4S/c1-22-7-11-10-4-2-3-5-12(10)23-14(11)15(21)19-16-18-9(8-24-16)6-13(17)20/h2-5,8H,6-7H2,1H3,(H2,17,20)(H,18,19,21). The van der Waals surface area contributed by atoms with Gasteiger partial charge in [-0.2, -0.15) is 0 Å². The van der Waals surface area contributed by atoms with Crippen LogP contribution in [0.5, 0.6) is 0 Å². The lowest BCUT2D eigenvalue weighted by Crippen LogP contribution is -2.15. The average Bonchev–Trinajstić information content (AvgIpc) is 3.12. The van der Waals surface area contributed by atoms with Gasteiger partial charge in [0.1, 0.15) is 5.58 Å². The van der Waals surface area contributed by atoms with Crippen molar-refractivity contribution < 1.29 is 18.7 Å². The molecule has 0 aliphatic heterocycles. The second-order valence-corrected chi connectivity index (χ2v) is 5.94. The van der Waals surface area contributed by atoms with E-state index in [9.17, 15) is 9.59 Å². The van der Waals surface area contributed by atoms with Gasteiger partial charge in [0.25, 0.3) is 5.91 Å². The van der Waals surface area contributed by atoms with Gasteiger partial charge in [0.05, 0.1) is 18.7 Å². The third-order valence-electron chi connectivity index (χ3n) is 3.32. The summed E-state index contributed by atoms with van der Waals surface area (Å²) in [5.41, 5.74) is 6.94. The SMILES string of the molecule is COCc1c(C(=O)Nc2nc(CC(N)=O)cs2)oc2ccccc12. The summed E-state index contributed by atoms with van der Waals surface area (Å²) in [5, 5.41) is 5.56. The summed E-state index contributed by atoms with van der Waals surface area (Å²) in [6.07, 6.45) is 0.0337. The molecule has 1 aromatic carbocycles. The lowest BCUT2D eigenvalue weighted by molar-refractivity contribution is -0.117. The van der Waals surface area contributed by atoms with Crippen LogP contribution in [0, 0.1) is 0 Å². The Bertz CT molecular complexity index is 900. The number of para-hydroxylation sites is 1. The van der Waals surface area contributed by atoms with Crippen molar-refractivity contribution in [1.29, 1.82) is 0 Å². The highest BCUT2D eigenvalue weighted by atomic mass is 32.1. The lowest BCUT2D eigenvalue weighted by atomic mass is 10.1. The molecule has 0 aliphatic rings. The second-order valence-electron chi connectivity index (χ2n) is 5.08. The first-order valence-corrected chi connectivity index (χ1v) is 8.00. The summed E-state index contributed by atoms with van der Waals surface area (Å²) >= 11 is 1.22. The molecule has 3 N–H and O–H groups in total. The van der Waals surface area contributed by atoms with Gasteiger partial charge in [0.2, 0.25) is 5.91 Å². The summed E-state index contributed by atoms with van der Waals surface area (Å²) in [5.74, 6) is -0.708. The van der Waals surface area contributed by atoms with Crippen molar-refractivity contribution >= 4 is 39.3 Å². The van der Waals surface area contributed by atoms with Gasteiger partial charge in [-0.25, -0.2) is 4.98 Å². The summed E-state index contributed by atoms with van der Waals surface area (Å²) in [7, 11) is 1.56. The number of nitrogens with two attached hydrogens (primary N) is 1. The predicted octanol–water partition coefficient (Wildman–Crippen LogP) is 2.32. The van der Waals surface area contributed by atoms with E-state index in [2.05, 4.69) is 10.3 Å². The minimum absolute atomic E-state index is 0.0337. The van der Waals surface area contributed by atoms with Gasteiger partial charge < -0.3 is 14.9 Å². The minimum atomic E-state index is -0.474. The van der Waals surface area contributed by atoms with Crippen molar-refractivity contribution in [3.63, 3.8) is 0 Å². The zero-order valence-corrected chi connectivity index (χ0v) is 13.7. The molecule has 0 saturated heterocycles. The highest BCUT2D eigenvalue weighted by molar-refractivity contribution is 7.14. The van der Waals surface area contributed by atoms with Crippen molar-refractivity contribution in [3.05, 3.63) is 46.7 Å². The van der Waals surface area contributed by atoms with Crippen LogP contribution >= 0.6 is 11.3 Å². The van der Waals surface area contributed by atoms with Gasteiger partial charge in [0, 0.05) is 23.4 Å². The van der Waals surface area contributed by atoms with Gasteiger partial charge in [0.15, 0.2) is 10.9 Å². The largest absolute Gasteiger partial charge is 0.451 e. The molecule has 3 aromatic rings. The van der Waals surface area contributed by atoms with E-state index in [-0.39, 0.29) is 18.8 Å². The number of primary amides is 1. The molecule has 0 radical (unpaired) electrons. The Morgan fingerprint density at radius 3 is 2.92 bits per heavy atom. The molecule has 3 rings (SSSR count). The molecule has 0 aliphatic carbocycles. The summed E-state index contributed by atoms with van der Waals surface area (Å²) in [4.78, 5) is 27.6. The van der Waals surface area contributed by atoms with E-state index in [4.69, 9.17) is 14.9 Å². The van der Waals surface area contributed by atoms with E-state index in [1.54, 1.807) is 18.6 Å². The van der Waals surface area contributed by atoms with Crippen LogP contribution in [0.3, 0.4) is 0 Å². The fraction of sp³-hybridized carbons (Fsp3) is 0.188. The number of nitrogens with one attached hydrogen (secondary N) is 1. The Morgan fingerprint density at radius 1 is 1.38 bits per heavy atom. The molecule has 2 aromatic heterocycles. The van der Waals surface area contributed by atoms with Gasteiger partial charge in [-0.05, 0) is 6.07 Å². The van der Waals surface area contributed by atoms with Crippen molar-refractivity contribution in [2.45, 2.75) is 13.0 Å². The first-order chi connectivity index (χ1) is 11.6. The van der Waals surface area contributed by atoms with E-state index >= 15 is 0 Å².